The van der Waals surface area contributed by atoms with Gasteiger partial charge in [0.25, 0.3) is 0 Å². The number of sulfone groups is 1. The minimum atomic E-state index is -2.82. The maximum Gasteiger partial charge on any atom is 0.151 e. The van der Waals surface area contributed by atoms with Gasteiger partial charge in [-0.05, 0) is 44.8 Å². The summed E-state index contributed by atoms with van der Waals surface area (Å²) >= 11 is 0. The summed E-state index contributed by atoms with van der Waals surface area (Å²) in [6.45, 7) is 10.2. The van der Waals surface area contributed by atoms with E-state index in [1.54, 1.807) is 0 Å². The van der Waals surface area contributed by atoms with Crippen molar-refractivity contribution in [3.8, 4) is 0 Å². The van der Waals surface area contributed by atoms with Gasteiger partial charge in [0.05, 0.1) is 5.75 Å². The molecule has 5 heteroatoms. The zero-order valence-electron chi connectivity index (χ0n) is 12.7. The maximum atomic E-state index is 11.7. The molecular weight excluding hydrogens is 260 g/mol. The first-order valence-electron chi connectivity index (χ1n) is 7.59. The van der Waals surface area contributed by atoms with Crippen molar-refractivity contribution in [1.82, 2.24) is 10.2 Å². The van der Waals surface area contributed by atoms with Crippen molar-refractivity contribution in [2.45, 2.75) is 46.1 Å². The van der Waals surface area contributed by atoms with Crippen LogP contribution < -0.4 is 5.32 Å². The largest absolute Gasteiger partial charge is 0.314 e. The molecule has 0 aromatic heterocycles. The molecule has 1 N–H and O–H groups in total. The maximum absolute atomic E-state index is 11.7. The van der Waals surface area contributed by atoms with Gasteiger partial charge in [-0.3, -0.25) is 0 Å². The van der Waals surface area contributed by atoms with Crippen LogP contribution in [-0.4, -0.2) is 57.0 Å². The summed E-state index contributed by atoms with van der Waals surface area (Å²) < 4.78 is 23.4. The topological polar surface area (TPSA) is 49.4 Å². The molecular formula is C14H30N2O2S. The lowest BCUT2D eigenvalue weighted by Crippen LogP contribution is -2.40. The van der Waals surface area contributed by atoms with E-state index in [0.717, 1.165) is 32.0 Å². The molecule has 1 aliphatic heterocycles. The quantitative estimate of drug-likeness (QED) is 0.736. The lowest BCUT2D eigenvalue weighted by molar-refractivity contribution is 0.189. The Kier molecular flexibility index (Phi) is 7.32. The van der Waals surface area contributed by atoms with E-state index in [1.165, 1.54) is 12.8 Å². The molecule has 1 aliphatic rings. The second kappa shape index (κ2) is 8.22. The Morgan fingerprint density at radius 3 is 2.37 bits per heavy atom. The Morgan fingerprint density at radius 1 is 1.21 bits per heavy atom. The molecule has 0 saturated carbocycles. The van der Waals surface area contributed by atoms with Crippen LogP contribution in [0.3, 0.4) is 0 Å². The highest BCUT2D eigenvalue weighted by Crippen LogP contribution is 2.16. The van der Waals surface area contributed by atoms with Crippen molar-refractivity contribution >= 4 is 9.84 Å². The van der Waals surface area contributed by atoms with Crippen LogP contribution in [0.2, 0.25) is 0 Å². The van der Waals surface area contributed by atoms with E-state index in [2.05, 4.69) is 24.1 Å². The molecule has 19 heavy (non-hydrogen) atoms. The van der Waals surface area contributed by atoms with E-state index in [0.29, 0.717) is 24.1 Å². The number of piperidine rings is 1. The van der Waals surface area contributed by atoms with Crippen LogP contribution in [0.25, 0.3) is 0 Å². The van der Waals surface area contributed by atoms with Crippen LogP contribution in [0.15, 0.2) is 0 Å². The van der Waals surface area contributed by atoms with Crippen molar-refractivity contribution < 1.29 is 8.42 Å². The fourth-order valence-corrected chi connectivity index (χ4v) is 3.86. The van der Waals surface area contributed by atoms with E-state index in [1.807, 2.05) is 6.92 Å². The number of likely N-dealkylation sites (tertiary alicyclic amines) is 1. The van der Waals surface area contributed by atoms with E-state index >= 15 is 0 Å². The Bertz CT molecular complexity index is 333. The molecule has 1 heterocycles. The van der Waals surface area contributed by atoms with Crippen LogP contribution in [0, 0.1) is 5.92 Å². The fraction of sp³-hybridized carbons (Fsp3) is 1.00. The third kappa shape index (κ3) is 7.28. The van der Waals surface area contributed by atoms with Crippen LogP contribution in [-0.2, 0) is 9.84 Å². The first kappa shape index (κ1) is 16.9. The molecule has 1 fully saturated rings. The Morgan fingerprint density at radius 2 is 1.84 bits per heavy atom. The van der Waals surface area contributed by atoms with Crippen molar-refractivity contribution in [2.24, 2.45) is 5.92 Å². The average molecular weight is 290 g/mol. The summed E-state index contributed by atoms with van der Waals surface area (Å²) in [5.41, 5.74) is 0. The van der Waals surface area contributed by atoms with Crippen molar-refractivity contribution in [2.75, 3.05) is 37.7 Å². The second-order valence-corrected chi connectivity index (χ2v) is 8.30. The molecule has 0 aromatic rings. The highest BCUT2D eigenvalue weighted by Gasteiger charge is 2.20. The number of hydrogen-bond acceptors (Lipinski definition) is 4. The van der Waals surface area contributed by atoms with E-state index < -0.39 is 9.84 Å². The van der Waals surface area contributed by atoms with Gasteiger partial charge in [0.2, 0.25) is 0 Å². The minimum absolute atomic E-state index is 0.329. The molecule has 0 bridgehead atoms. The van der Waals surface area contributed by atoms with Crippen LogP contribution in [0.1, 0.15) is 40.0 Å². The monoisotopic (exact) mass is 290 g/mol. The molecule has 4 nitrogen and oxygen atoms in total. The highest BCUT2D eigenvalue weighted by atomic mass is 32.2. The van der Waals surface area contributed by atoms with Crippen LogP contribution in [0.4, 0.5) is 0 Å². The summed E-state index contributed by atoms with van der Waals surface area (Å²) in [7, 11) is -2.82. The van der Waals surface area contributed by atoms with Crippen LogP contribution >= 0.6 is 0 Å². The highest BCUT2D eigenvalue weighted by molar-refractivity contribution is 7.91. The normalized spacial score (nSPS) is 19.2. The first-order chi connectivity index (χ1) is 8.93. The molecule has 0 radical (unpaired) electrons. The van der Waals surface area contributed by atoms with Gasteiger partial charge in [0.15, 0.2) is 9.84 Å². The molecule has 0 aromatic carbocycles. The number of nitrogens with zero attached hydrogens (tertiary/aromatic N) is 1. The zero-order chi connectivity index (χ0) is 14.3. The van der Waals surface area contributed by atoms with Crippen molar-refractivity contribution in [1.29, 1.82) is 0 Å². The third-order valence-electron chi connectivity index (χ3n) is 3.76. The van der Waals surface area contributed by atoms with Gasteiger partial charge < -0.3 is 10.2 Å². The Balaban J connectivity index is 2.20. The van der Waals surface area contributed by atoms with Gasteiger partial charge >= 0.3 is 0 Å². The smallest absolute Gasteiger partial charge is 0.151 e. The predicted octanol–water partition coefficient (Wildman–Crippen LogP) is 1.52. The van der Waals surface area contributed by atoms with E-state index in [9.17, 15) is 8.42 Å². The molecule has 0 atom stereocenters. The number of hydrogen-bond donors (Lipinski definition) is 1. The van der Waals surface area contributed by atoms with E-state index in [4.69, 9.17) is 0 Å². The van der Waals surface area contributed by atoms with E-state index in [-0.39, 0.29) is 0 Å². The zero-order valence-corrected chi connectivity index (χ0v) is 13.5. The SMILES string of the molecule is CCCS(=O)(=O)CCN1CCC(CNC(C)C)CC1. The van der Waals surface area contributed by atoms with Gasteiger partial charge in [0, 0.05) is 18.3 Å². The van der Waals surface area contributed by atoms with Gasteiger partial charge in [-0.1, -0.05) is 20.8 Å². The Hall–Kier alpha value is -0.130. The first-order valence-corrected chi connectivity index (χ1v) is 9.41. The Labute approximate surface area is 118 Å². The van der Waals surface area contributed by atoms with Gasteiger partial charge in [-0.15, -0.1) is 0 Å². The lowest BCUT2D eigenvalue weighted by Gasteiger charge is -2.32. The molecule has 1 rings (SSSR count). The molecule has 0 unspecified atom stereocenters. The van der Waals surface area contributed by atoms with Gasteiger partial charge in [-0.2, -0.15) is 0 Å². The minimum Gasteiger partial charge on any atom is -0.314 e. The number of rotatable bonds is 8. The molecule has 0 aliphatic carbocycles. The molecule has 1 saturated heterocycles. The van der Waals surface area contributed by atoms with Crippen molar-refractivity contribution in [3.05, 3.63) is 0 Å². The second-order valence-electron chi connectivity index (χ2n) is 6.00. The summed E-state index contributed by atoms with van der Waals surface area (Å²) in [5.74, 6) is 1.42. The standard InChI is InChI=1S/C14H30N2O2S/c1-4-10-19(17,18)11-9-16-7-5-14(6-8-16)12-15-13(2)3/h13-15H,4-12H2,1-3H3. The third-order valence-corrected chi connectivity index (χ3v) is 5.59. The van der Waals surface area contributed by atoms with Gasteiger partial charge in [0.1, 0.15) is 0 Å². The molecule has 0 spiro atoms. The summed E-state index contributed by atoms with van der Waals surface area (Å²) in [5, 5.41) is 3.49. The summed E-state index contributed by atoms with van der Waals surface area (Å²) in [4.78, 5) is 2.30. The van der Waals surface area contributed by atoms with Crippen LogP contribution in [0.5, 0.6) is 0 Å². The average Bonchev–Trinajstić information content (AvgIpc) is 2.35. The lowest BCUT2D eigenvalue weighted by atomic mass is 9.96. The molecule has 0 amide bonds. The predicted molar refractivity (Wildman–Crippen MR) is 81.2 cm³/mol. The summed E-state index contributed by atoms with van der Waals surface area (Å²) in [6.07, 6.45) is 3.10. The molecule has 114 valence electrons. The fourth-order valence-electron chi connectivity index (χ4n) is 2.50. The number of nitrogens with one attached hydrogen (secondary N) is 1. The summed E-state index contributed by atoms with van der Waals surface area (Å²) in [6, 6.07) is 0.553. The van der Waals surface area contributed by atoms with Gasteiger partial charge in [-0.25, -0.2) is 8.42 Å². The van der Waals surface area contributed by atoms with Crippen molar-refractivity contribution in [3.63, 3.8) is 0 Å².